The molecule has 0 rings (SSSR count). The summed E-state index contributed by atoms with van der Waals surface area (Å²) in [6.45, 7) is 3.46. The number of esters is 1. The monoisotopic (exact) mass is 775 g/mol. The van der Waals surface area contributed by atoms with E-state index in [1.54, 1.807) is 0 Å². The van der Waals surface area contributed by atoms with Crippen LogP contribution in [0.1, 0.15) is 200 Å². The van der Waals surface area contributed by atoms with Crippen LogP contribution in [0.5, 0.6) is 0 Å². The fourth-order valence-corrected chi connectivity index (χ4v) is 6.79. The first kappa shape index (κ1) is 51.9. The van der Waals surface area contributed by atoms with E-state index in [4.69, 9.17) is 23.6 Å². The lowest BCUT2D eigenvalue weighted by atomic mass is 10.1. The summed E-state index contributed by atoms with van der Waals surface area (Å²) < 4.78 is 33.3. The van der Waals surface area contributed by atoms with Crippen molar-refractivity contribution >= 4 is 13.8 Å². The minimum atomic E-state index is -4.51. The van der Waals surface area contributed by atoms with E-state index in [1.165, 1.54) is 128 Å². The molecule has 9 nitrogen and oxygen atoms in total. The quantitative estimate of drug-likeness (QED) is 0.0240. The number of phosphoric ester groups is 1. The van der Waals surface area contributed by atoms with E-state index in [1.807, 2.05) is 0 Å². The predicted molar refractivity (Wildman–Crippen MR) is 219 cm³/mol. The molecule has 0 fully saturated rings. The zero-order chi connectivity index (χ0) is 38.9. The molecule has 314 valence electrons. The van der Waals surface area contributed by atoms with Crippen LogP contribution in [0.3, 0.4) is 0 Å². The summed E-state index contributed by atoms with van der Waals surface area (Å²) >= 11 is 0. The van der Waals surface area contributed by atoms with E-state index >= 15 is 0 Å². The first-order chi connectivity index (χ1) is 25.8. The Balaban J connectivity index is 4.09. The molecule has 0 spiro atoms. The minimum absolute atomic E-state index is 0.0463. The van der Waals surface area contributed by atoms with Gasteiger partial charge in [0.2, 0.25) is 0 Å². The zero-order valence-corrected chi connectivity index (χ0v) is 35.1. The summed E-state index contributed by atoms with van der Waals surface area (Å²) in [5, 5.41) is 18.3. The molecule has 0 saturated carbocycles. The molecule has 0 aromatic heterocycles. The van der Waals surface area contributed by atoms with Crippen LogP contribution in [-0.4, -0.2) is 66.3 Å². The zero-order valence-electron chi connectivity index (χ0n) is 34.2. The lowest BCUT2D eigenvalue weighted by Crippen LogP contribution is -2.29. The molecular weight excluding hydrogens is 691 g/mol. The third-order valence-electron chi connectivity index (χ3n) is 9.34. The SMILES string of the molecule is CCC/C=C\CCCCCCCCOCC(COP(=O)(O)OCC(O)CO)OC(=O)CCCCCCCCCCC/C=C\CCCCCCCCCC. The van der Waals surface area contributed by atoms with Crippen molar-refractivity contribution in [3.05, 3.63) is 24.3 Å². The van der Waals surface area contributed by atoms with E-state index in [-0.39, 0.29) is 25.6 Å². The van der Waals surface area contributed by atoms with E-state index in [2.05, 4.69) is 38.2 Å². The molecular formula is C43H83O9P. The highest BCUT2D eigenvalue weighted by atomic mass is 31.2. The van der Waals surface area contributed by atoms with Gasteiger partial charge in [0.25, 0.3) is 0 Å². The largest absolute Gasteiger partial charge is 0.472 e. The third-order valence-corrected chi connectivity index (χ3v) is 10.3. The lowest BCUT2D eigenvalue weighted by Gasteiger charge is -2.20. The Morgan fingerprint density at radius 1 is 0.566 bits per heavy atom. The minimum Gasteiger partial charge on any atom is -0.457 e. The van der Waals surface area contributed by atoms with Crippen LogP contribution in [0.25, 0.3) is 0 Å². The van der Waals surface area contributed by atoms with Crippen LogP contribution in [-0.2, 0) is 27.9 Å². The van der Waals surface area contributed by atoms with Gasteiger partial charge in [-0.05, 0) is 57.8 Å². The molecule has 0 saturated heterocycles. The molecule has 0 heterocycles. The third kappa shape index (κ3) is 40.4. The van der Waals surface area contributed by atoms with E-state index in [9.17, 15) is 19.4 Å². The number of hydrogen-bond donors (Lipinski definition) is 3. The van der Waals surface area contributed by atoms with Crippen LogP contribution < -0.4 is 0 Å². The molecule has 0 radical (unpaired) electrons. The highest BCUT2D eigenvalue weighted by molar-refractivity contribution is 7.47. The van der Waals surface area contributed by atoms with Crippen LogP contribution in [0.15, 0.2) is 24.3 Å². The Morgan fingerprint density at radius 3 is 1.49 bits per heavy atom. The first-order valence-corrected chi connectivity index (χ1v) is 23.3. The van der Waals surface area contributed by atoms with Gasteiger partial charge in [0, 0.05) is 13.0 Å². The summed E-state index contributed by atoms with van der Waals surface area (Å²) in [7, 11) is -4.51. The molecule has 0 aliphatic rings. The van der Waals surface area contributed by atoms with E-state index < -0.39 is 33.2 Å². The maximum Gasteiger partial charge on any atom is 0.472 e. The van der Waals surface area contributed by atoms with Crippen LogP contribution in [0.4, 0.5) is 0 Å². The fraction of sp³-hybridized carbons (Fsp3) is 0.884. The highest BCUT2D eigenvalue weighted by Crippen LogP contribution is 2.43. The summed E-state index contributed by atoms with van der Waals surface area (Å²) in [5.41, 5.74) is 0. The molecule has 3 N–H and O–H groups in total. The Bertz CT molecular complexity index is 882. The van der Waals surface area contributed by atoms with Gasteiger partial charge in [-0.25, -0.2) is 4.57 Å². The number of unbranched alkanes of at least 4 members (excludes halogenated alkanes) is 24. The summed E-state index contributed by atoms with van der Waals surface area (Å²) in [6, 6.07) is 0. The van der Waals surface area contributed by atoms with Gasteiger partial charge < -0.3 is 24.6 Å². The Kier molecular flexibility index (Phi) is 39.8. The normalized spacial score (nSPS) is 14.3. The fourth-order valence-electron chi connectivity index (χ4n) is 6.00. The molecule has 0 aromatic carbocycles. The molecule has 0 aliphatic carbocycles. The van der Waals surface area contributed by atoms with Crippen molar-refractivity contribution in [3.8, 4) is 0 Å². The number of carbonyl (C=O) groups excluding carboxylic acids is 1. The lowest BCUT2D eigenvalue weighted by molar-refractivity contribution is -0.154. The average molecular weight is 775 g/mol. The second-order valence-electron chi connectivity index (χ2n) is 14.7. The molecule has 3 unspecified atom stereocenters. The first-order valence-electron chi connectivity index (χ1n) is 21.8. The van der Waals surface area contributed by atoms with Gasteiger partial charge >= 0.3 is 13.8 Å². The van der Waals surface area contributed by atoms with Crippen molar-refractivity contribution in [3.63, 3.8) is 0 Å². The van der Waals surface area contributed by atoms with Crippen molar-refractivity contribution in [1.82, 2.24) is 0 Å². The van der Waals surface area contributed by atoms with Gasteiger partial charge in [-0.2, -0.15) is 0 Å². The van der Waals surface area contributed by atoms with Crippen molar-refractivity contribution in [1.29, 1.82) is 0 Å². The molecule has 0 aliphatic heterocycles. The number of allylic oxidation sites excluding steroid dienone is 4. The van der Waals surface area contributed by atoms with Gasteiger partial charge in [0.05, 0.1) is 26.4 Å². The van der Waals surface area contributed by atoms with Crippen molar-refractivity contribution in [2.24, 2.45) is 0 Å². The molecule has 0 aromatic rings. The van der Waals surface area contributed by atoms with Crippen molar-refractivity contribution < 1.29 is 43.0 Å². The summed E-state index contributed by atoms with van der Waals surface area (Å²) in [5.74, 6) is -0.386. The standard InChI is InChI=1S/C43H83O9P/c1-3-5-7-9-11-13-15-16-17-18-19-20-21-22-23-24-25-27-29-31-33-35-43(46)52-42(40-51-53(47,48)50-38-41(45)37-44)39-49-36-34-32-30-28-26-14-12-10-8-6-4-2/h8,10,18-19,41-42,44-45H,3-7,9,11-17,20-40H2,1-2H3,(H,47,48)/b10-8-,19-18-. The van der Waals surface area contributed by atoms with E-state index in [0.717, 1.165) is 51.4 Å². The average Bonchev–Trinajstić information content (AvgIpc) is 3.15. The molecule has 0 bridgehead atoms. The number of aliphatic hydroxyl groups is 2. The topological polar surface area (TPSA) is 132 Å². The number of hydrogen-bond acceptors (Lipinski definition) is 8. The maximum atomic E-state index is 12.6. The predicted octanol–water partition coefficient (Wildman–Crippen LogP) is 11.9. The van der Waals surface area contributed by atoms with Gasteiger partial charge in [-0.1, -0.05) is 160 Å². The number of aliphatic hydroxyl groups excluding tert-OH is 2. The van der Waals surface area contributed by atoms with E-state index in [0.29, 0.717) is 6.61 Å². The number of rotatable bonds is 42. The maximum absolute atomic E-state index is 12.6. The highest BCUT2D eigenvalue weighted by Gasteiger charge is 2.26. The second-order valence-corrected chi connectivity index (χ2v) is 16.2. The van der Waals surface area contributed by atoms with Crippen LogP contribution in [0.2, 0.25) is 0 Å². The van der Waals surface area contributed by atoms with Gasteiger partial charge in [-0.15, -0.1) is 0 Å². The van der Waals surface area contributed by atoms with Gasteiger partial charge in [0.15, 0.2) is 0 Å². The summed E-state index contributed by atoms with van der Waals surface area (Å²) in [6.07, 6.45) is 41.4. The van der Waals surface area contributed by atoms with Crippen LogP contribution in [0, 0.1) is 0 Å². The molecule has 53 heavy (non-hydrogen) atoms. The number of ether oxygens (including phenoxy) is 2. The van der Waals surface area contributed by atoms with Gasteiger partial charge in [0.1, 0.15) is 12.2 Å². The Labute approximate surface area is 325 Å². The molecule has 10 heteroatoms. The molecule has 3 atom stereocenters. The van der Waals surface area contributed by atoms with Crippen LogP contribution >= 0.6 is 7.82 Å². The second kappa shape index (κ2) is 40.6. The van der Waals surface area contributed by atoms with Crippen molar-refractivity contribution in [2.75, 3.05) is 33.0 Å². The molecule has 0 amide bonds. The summed E-state index contributed by atoms with van der Waals surface area (Å²) in [4.78, 5) is 22.5. The van der Waals surface area contributed by atoms with Crippen molar-refractivity contribution in [2.45, 2.75) is 212 Å². The Morgan fingerprint density at radius 2 is 1.00 bits per heavy atom. The number of carbonyl (C=O) groups is 1. The smallest absolute Gasteiger partial charge is 0.457 e. The van der Waals surface area contributed by atoms with Gasteiger partial charge in [-0.3, -0.25) is 13.8 Å². The number of phosphoric acid groups is 1. The Hall–Kier alpha value is -1.06.